The lowest BCUT2D eigenvalue weighted by Crippen LogP contribution is -2.22. The van der Waals surface area contributed by atoms with Crippen molar-refractivity contribution in [3.8, 4) is 23.0 Å². The lowest BCUT2D eigenvalue weighted by Gasteiger charge is -2.27. The molecule has 0 radical (unpaired) electrons. The summed E-state index contributed by atoms with van der Waals surface area (Å²) in [6, 6.07) is 3.26. The van der Waals surface area contributed by atoms with Crippen molar-refractivity contribution < 1.29 is 34.3 Å². The molecule has 0 saturated heterocycles. The molecule has 56 heavy (non-hydrogen) atoms. The summed E-state index contributed by atoms with van der Waals surface area (Å²) in [5.74, 6) is 0.208. The van der Waals surface area contributed by atoms with Gasteiger partial charge in [-0.05, 0) is 95.3 Å². The van der Waals surface area contributed by atoms with E-state index in [1.165, 1.54) is 27.2 Å². The standard InChI is InChI=1S/C45H52N2O9/c1-21-18-27-33-38-34(43(52)42(27)47-17-15-24-8-12-26(50)13-9-24)28(46-16-14-23-6-10-25(49)11-7-23)19-30(54-3)36(38)37-31(55-4)20-29(51)35-40(37)39(33)41(32(21)22(2)48)45(56-5)44(35)53/h18-20,23-26,32,46-47,49-51H,6-17H2,1-5H3. The second-order valence-corrected chi connectivity index (χ2v) is 16.3. The van der Waals surface area contributed by atoms with Gasteiger partial charge in [0.15, 0.2) is 5.75 Å². The summed E-state index contributed by atoms with van der Waals surface area (Å²) < 4.78 is 18.0. The molecule has 296 valence electrons. The quantitative estimate of drug-likeness (QED) is 0.0635. The van der Waals surface area contributed by atoms with Crippen LogP contribution in [0.15, 0.2) is 27.3 Å². The van der Waals surface area contributed by atoms with E-state index < -0.39 is 11.3 Å². The Balaban J connectivity index is 1.48. The van der Waals surface area contributed by atoms with Gasteiger partial charge in [0.2, 0.25) is 10.9 Å². The number of fused-ring (bicyclic) bond motifs is 1. The molecule has 0 bridgehead atoms. The Morgan fingerprint density at radius 3 is 1.80 bits per heavy atom. The van der Waals surface area contributed by atoms with Gasteiger partial charge in [-0.1, -0.05) is 11.6 Å². The molecule has 1 unspecified atom stereocenters. The van der Waals surface area contributed by atoms with Crippen LogP contribution in [0.5, 0.6) is 23.0 Å². The van der Waals surface area contributed by atoms with Crippen molar-refractivity contribution in [3.05, 3.63) is 49.3 Å². The highest BCUT2D eigenvalue weighted by Crippen LogP contribution is 2.56. The molecule has 11 heteroatoms. The zero-order valence-electron chi connectivity index (χ0n) is 32.9. The molecule has 0 spiro atoms. The van der Waals surface area contributed by atoms with Crippen LogP contribution in [-0.2, 0) is 4.79 Å². The third-order valence-corrected chi connectivity index (χ3v) is 13.0. The molecular weight excluding hydrogens is 713 g/mol. The molecule has 5 aromatic rings. The first-order valence-corrected chi connectivity index (χ1v) is 20.1. The van der Waals surface area contributed by atoms with Crippen molar-refractivity contribution in [1.29, 1.82) is 0 Å². The highest BCUT2D eigenvalue weighted by molar-refractivity contribution is 6.40. The predicted molar refractivity (Wildman–Crippen MR) is 222 cm³/mol. The number of Topliss-reactive ketones (excluding diaryl/α,β-unsaturated/α-hetero) is 1. The highest BCUT2D eigenvalue weighted by Gasteiger charge is 2.37. The van der Waals surface area contributed by atoms with Gasteiger partial charge in [-0.2, -0.15) is 0 Å². The Kier molecular flexibility index (Phi) is 10.1. The van der Waals surface area contributed by atoms with Crippen LogP contribution in [-0.4, -0.2) is 67.7 Å². The SMILES string of the molecule is COc1c2c3c4c(c(NCCC5CCC(O)CC5)c(=O)c5c(NCCC6CCC(O)CC6)cc(OC)c(c6c(OC)cc(O)c(c1=O)c63)c54)C=C(C)C2C(C)=O. The second kappa shape index (κ2) is 14.9. The van der Waals surface area contributed by atoms with Crippen molar-refractivity contribution in [3.63, 3.8) is 0 Å². The third kappa shape index (κ3) is 6.05. The number of methoxy groups -OCH3 is 3. The molecule has 3 aliphatic rings. The van der Waals surface area contributed by atoms with Crippen LogP contribution in [0.3, 0.4) is 0 Å². The number of phenols is 1. The van der Waals surface area contributed by atoms with Crippen LogP contribution >= 0.6 is 0 Å². The minimum atomic E-state index is -0.879. The van der Waals surface area contributed by atoms with E-state index in [1.807, 2.05) is 19.1 Å². The largest absolute Gasteiger partial charge is 0.507 e. The number of ketones is 1. The second-order valence-electron chi connectivity index (χ2n) is 16.3. The first-order valence-electron chi connectivity index (χ1n) is 20.1. The Labute approximate surface area is 325 Å². The maximum absolute atomic E-state index is 15.3. The average Bonchev–Trinajstić information content (AvgIpc) is 3.31. The zero-order valence-corrected chi connectivity index (χ0v) is 32.9. The first-order chi connectivity index (χ1) is 27.0. The number of hydrogen-bond acceptors (Lipinski definition) is 11. The summed E-state index contributed by atoms with van der Waals surface area (Å²) in [5.41, 5.74) is 1.89. The molecule has 5 N–H and O–H groups in total. The van der Waals surface area contributed by atoms with Gasteiger partial charge in [0.25, 0.3) is 0 Å². The number of carbonyl (C=O) groups excluding carboxylic acids is 1. The molecule has 2 saturated carbocycles. The van der Waals surface area contributed by atoms with Crippen LogP contribution in [0.4, 0.5) is 11.4 Å². The van der Waals surface area contributed by atoms with Gasteiger partial charge in [0.1, 0.15) is 23.0 Å². The van der Waals surface area contributed by atoms with E-state index in [2.05, 4.69) is 10.6 Å². The highest BCUT2D eigenvalue weighted by atomic mass is 16.5. The van der Waals surface area contributed by atoms with Gasteiger partial charge in [-0.25, -0.2) is 0 Å². The van der Waals surface area contributed by atoms with Gasteiger partial charge < -0.3 is 40.2 Å². The fourth-order valence-corrected chi connectivity index (χ4v) is 10.3. The number of aliphatic hydroxyl groups is 2. The van der Waals surface area contributed by atoms with Gasteiger partial charge in [0.05, 0.1) is 55.9 Å². The van der Waals surface area contributed by atoms with Gasteiger partial charge in [0, 0.05) is 69.0 Å². The Bertz CT molecular complexity index is 2500. The van der Waals surface area contributed by atoms with Crippen molar-refractivity contribution in [2.24, 2.45) is 11.8 Å². The third-order valence-electron chi connectivity index (χ3n) is 13.0. The number of allylic oxidation sites excluding steroid dienone is 1. The number of anilines is 2. The summed E-state index contributed by atoms with van der Waals surface area (Å²) >= 11 is 0. The number of ether oxygens (including phenoxy) is 3. The van der Waals surface area contributed by atoms with Crippen LogP contribution in [0, 0.1) is 11.8 Å². The number of nitrogens with one attached hydrogen (secondary N) is 2. The lowest BCUT2D eigenvalue weighted by molar-refractivity contribution is -0.117. The number of aliphatic hydroxyl groups excluding tert-OH is 2. The van der Waals surface area contributed by atoms with Crippen LogP contribution in [0.25, 0.3) is 49.2 Å². The molecule has 0 heterocycles. The molecule has 8 rings (SSSR count). The van der Waals surface area contributed by atoms with Crippen LogP contribution < -0.4 is 35.7 Å². The van der Waals surface area contributed by atoms with Crippen molar-refractivity contribution in [2.75, 3.05) is 45.1 Å². The average molecular weight is 765 g/mol. The van der Waals surface area contributed by atoms with E-state index in [0.29, 0.717) is 96.5 Å². The lowest BCUT2D eigenvalue weighted by atomic mass is 9.80. The minimum Gasteiger partial charge on any atom is -0.507 e. The van der Waals surface area contributed by atoms with Crippen molar-refractivity contribution in [2.45, 2.75) is 96.2 Å². The fourth-order valence-electron chi connectivity index (χ4n) is 10.3. The summed E-state index contributed by atoms with van der Waals surface area (Å²) in [5, 5.41) is 42.7. The number of benzene rings is 5. The van der Waals surface area contributed by atoms with Crippen molar-refractivity contribution >= 4 is 66.3 Å². The Hall–Kier alpha value is -4.87. The van der Waals surface area contributed by atoms with Crippen LogP contribution in [0.1, 0.15) is 95.1 Å². The molecule has 0 aromatic heterocycles. The maximum Gasteiger partial charge on any atom is 0.232 e. The fraction of sp³-hybridized carbons (Fsp3) is 0.489. The molecular formula is C45H52N2O9. The minimum absolute atomic E-state index is 0.0321. The molecule has 11 nitrogen and oxygen atoms in total. The van der Waals surface area contributed by atoms with E-state index in [0.717, 1.165) is 64.2 Å². The van der Waals surface area contributed by atoms with E-state index in [1.54, 1.807) is 7.11 Å². The smallest absolute Gasteiger partial charge is 0.232 e. The number of aromatic hydroxyl groups is 1. The molecule has 3 aliphatic carbocycles. The Morgan fingerprint density at radius 2 is 1.25 bits per heavy atom. The van der Waals surface area contributed by atoms with Crippen molar-refractivity contribution in [1.82, 2.24) is 0 Å². The molecule has 1 atom stereocenters. The number of rotatable bonds is 12. The van der Waals surface area contributed by atoms with E-state index in [9.17, 15) is 24.9 Å². The number of carbonyl (C=O) groups is 1. The van der Waals surface area contributed by atoms with Gasteiger partial charge in [-0.15, -0.1) is 0 Å². The number of hydrogen-bond donors (Lipinski definition) is 5. The van der Waals surface area contributed by atoms with E-state index in [-0.39, 0.29) is 46.1 Å². The summed E-state index contributed by atoms with van der Waals surface area (Å²) in [6.45, 7) is 4.45. The zero-order chi connectivity index (χ0) is 39.6. The summed E-state index contributed by atoms with van der Waals surface area (Å²) in [7, 11) is 4.46. The summed E-state index contributed by atoms with van der Waals surface area (Å²) in [4.78, 5) is 43.6. The molecule has 5 aromatic carbocycles. The Morgan fingerprint density at radius 1 is 0.696 bits per heavy atom. The predicted octanol–water partition coefficient (Wildman–Crippen LogP) is 7.42. The van der Waals surface area contributed by atoms with E-state index >= 15 is 4.79 Å². The van der Waals surface area contributed by atoms with E-state index in [4.69, 9.17) is 14.2 Å². The van der Waals surface area contributed by atoms with Crippen LogP contribution in [0.2, 0.25) is 0 Å². The maximum atomic E-state index is 15.3. The number of phenolic OH excluding ortho intramolecular Hbond substituents is 1. The summed E-state index contributed by atoms with van der Waals surface area (Å²) in [6.07, 6.45) is 9.92. The monoisotopic (exact) mass is 764 g/mol. The van der Waals surface area contributed by atoms with Gasteiger partial charge >= 0.3 is 0 Å². The molecule has 0 amide bonds. The topological polar surface area (TPSA) is 164 Å². The molecule has 0 aliphatic heterocycles. The normalized spacial score (nSPS) is 22.5. The van der Waals surface area contributed by atoms with Gasteiger partial charge in [-0.3, -0.25) is 14.4 Å². The molecule has 2 fully saturated rings. The first kappa shape index (κ1) is 38.0.